The molecule has 0 radical (unpaired) electrons. The zero-order valence-corrected chi connectivity index (χ0v) is 19.4. The van der Waals surface area contributed by atoms with Gasteiger partial charge in [-0.25, -0.2) is 9.59 Å². The molecule has 1 aromatic heterocycles. The van der Waals surface area contributed by atoms with Gasteiger partial charge in [0.2, 0.25) is 0 Å². The van der Waals surface area contributed by atoms with Gasteiger partial charge in [0.1, 0.15) is 11.1 Å². The summed E-state index contributed by atoms with van der Waals surface area (Å²) < 4.78 is 6.21. The molecule has 1 atom stereocenters. The van der Waals surface area contributed by atoms with Crippen LogP contribution in [-0.4, -0.2) is 16.8 Å². The molecule has 160 valence electrons. The summed E-state index contributed by atoms with van der Waals surface area (Å²) in [7, 11) is 0. The highest BCUT2D eigenvalue weighted by Gasteiger charge is 2.49. The minimum absolute atomic E-state index is 0.0169. The fourth-order valence-electron chi connectivity index (χ4n) is 4.15. The zero-order valence-electron chi connectivity index (χ0n) is 17.8. The summed E-state index contributed by atoms with van der Waals surface area (Å²) in [5.74, 6) is -0.0890. The Balaban J connectivity index is 1.77. The van der Waals surface area contributed by atoms with E-state index in [4.69, 9.17) is 4.42 Å². The summed E-state index contributed by atoms with van der Waals surface area (Å²) in [6, 6.07) is 12.0. The molecule has 3 aromatic rings. The number of nitrogens with one attached hydrogen (secondary N) is 1. The normalized spacial score (nSPS) is 18.8. The molecule has 2 heterocycles. The van der Waals surface area contributed by atoms with Crippen molar-refractivity contribution in [2.24, 2.45) is 0 Å². The number of amides is 3. The lowest BCUT2D eigenvalue weighted by atomic mass is 9.92. The number of carbonyl (C=O) groups excluding carboxylic acids is 2. The van der Waals surface area contributed by atoms with Crippen LogP contribution >= 0.6 is 15.9 Å². The van der Waals surface area contributed by atoms with E-state index in [1.165, 1.54) is 6.07 Å². The van der Waals surface area contributed by atoms with Crippen molar-refractivity contribution in [3.05, 3.63) is 79.6 Å². The second-order valence-electron chi connectivity index (χ2n) is 8.41. The van der Waals surface area contributed by atoms with E-state index in [9.17, 15) is 14.4 Å². The average Bonchev–Trinajstić information content (AvgIpc) is 2.91. The quantitative estimate of drug-likeness (QED) is 0.421. The van der Waals surface area contributed by atoms with Gasteiger partial charge in [-0.2, -0.15) is 0 Å². The van der Waals surface area contributed by atoms with Gasteiger partial charge in [0.05, 0.1) is 6.54 Å². The van der Waals surface area contributed by atoms with E-state index in [2.05, 4.69) is 35.1 Å². The van der Waals surface area contributed by atoms with Gasteiger partial charge in [-0.1, -0.05) is 41.9 Å². The first-order chi connectivity index (χ1) is 14.6. The Bertz CT molecular complexity index is 1280. The molecule has 6 nitrogen and oxygen atoms in total. The molecule has 7 heteroatoms. The lowest BCUT2D eigenvalue weighted by Gasteiger charge is -2.22. The van der Waals surface area contributed by atoms with Crippen LogP contribution in [-0.2, 0) is 16.9 Å². The van der Waals surface area contributed by atoms with E-state index in [-0.39, 0.29) is 18.4 Å². The van der Waals surface area contributed by atoms with Crippen molar-refractivity contribution in [2.75, 3.05) is 0 Å². The molecule has 1 N–H and O–H groups in total. The van der Waals surface area contributed by atoms with Crippen molar-refractivity contribution in [3.63, 3.8) is 0 Å². The van der Waals surface area contributed by atoms with Crippen LogP contribution in [0.3, 0.4) is 0 Å². The topological polar surface area (TPSA) is 79.6 Å². The monoisotopic (exact) mass is 482 g/mol. The Morgan fingerprint density at radius 3 is 2.55 bits per heavy atom. The van der Waals surface area contributed by atoms with E-state index >= 15 is 0 Å². The van der Waals surface area contributed by atoms with Crippen LogP contribution in [0.2, 0.25) is 0 Å². The molecule has 0 spiro atoms. The highest BCUT2D eigenvalue weighted by Crippen LogP contribution is 2.33. The summed E-state index contributed by atoms with van der Waals surface area (Å²) in [4.78, 5) is 39.5. The maximum absolute atomic E-state index is 13.3. The first-order valence-electron chi connectivity index (χ1n) is 10.1. The van der Waals surface area contributed by atoms with Crippen LogP contribution in [0.25, 0.3) is 11.0 Å². The molecule has 1 fully saturated rings. The van der Waals surface area contributed by atoms with Gasteiger partial charge >= 0.3 is 11.7 Å². The Morgan fingerprint density at radius 2 is 1.87 bits per heavy atom. The van der Waals surface area contributed by atoms with Crippen molar-refractivity contribution in [3.8, 4) is 0 Å². The summed E-state index contributed by atoms with van der Waals surface area (Å²) in [5.41, 5.74) is 2.16. The number of halogens is 1. The van der Waals surface area contributed by atoms with Crippen LogP contribution in [0.4, 0.5) is 4.79 Å². The van der Waals surface area contributed by atoms with E-state index in [0.29, 0.717) is 16.7 Å². The van der Waals surface area contributed by atoms with E-state index in [1.54, 1.807) is 13.0 Å². The van der Waals surface area contributed by atoms with Crippen molar-refractivity contribution in [2.45, 2.75) is 45.7 Å². The van der Waals surface area contributed by atoms with Gasteiger partial charge < -0.3 is 9.73 Å². The lowest BCUT2D eigenvalue weighted by molar-refractivity contribution is -0.131. The minimum Gasteiger partial charge on any atom is -0.423 e. The molecule has 0 unspecified atom stereocenters. The Hall–Kier alpha value is -2.93. The van der Waals surface area contributed by atoms with Crippen LogP contribution in [0, 0.1) is 6.92 Å². The minimum atomic E-state index is -1.18. The Kier molecular flexibility index (Phi) is 5.25. The number of carbonyl (C=O) groups is 2. The predicted octanol–water partition coefficient (Wildman–Crippen LogP) is 4.95. The van der Waals surface area contributed by atoms with Crippen LogP contribution in [0.5, 0.6) is 0 Å². The number of rotatable bonds is 4. The van der Waals surface area contributed by atoms with E-state index in [0.717, 1.165) is 25.9 Å². The van der Waals surface area contributed by atoms with Gasteiger partial charge in [-0.3, -0.25) is 9.69 Å². The average molecular weight is 483 g/mol. The van der Waals surface area contributed by atoms with Crippen LogP contribution < -0.4 is 10.9 Å². The highest BCUT2D eigenvalue weighted by molar-refractivity contribution is 9.10. The van der Waals surface area contributed by atoms with Gasteiger partial charge in [0.25, 0.3) is 5.91 Å². The predicted molar refractivity (Wildman–Crippen MR) is 122 cm³/mol. The van der Waals surface area contributed by atoms with Crippen molar-refractivity contribution >= 4 is 38.8 Å². The van der Waals surface area contributed by atoms with Gasteiger partial charge in [0, 0.05) is 15.9 Å². The fraction of sp³-hybridized carbons (Fsp3) is 0.292. The number of hydrogen-bond acceptors (Lipinski definition) is 4. The Labute approximate surface area is 188 Å². The number of nitrogens with zero attached hydrogens (tertiary/aromatic N) is 1. The standard InChI is InChI=1S/C24H23BrN2O4/c1-13(2)18-11-19-15(9-21(28)31-20(19)8-14(18)3)12-27-22(29)24(4,26-23(27)30)16-6-5-7-17(25)10-16/h5-11,13H,12H2,1-4H3,(H,26,30)/t24-/m1/s1. The number of fused-ring (bicyclic) bond motifs is 1. The summed E-state index contributed by atoms with van der Waals surface area (Å²) in [6.45, 7) is 7.83. The SMILES string of the molecule is Cc1cc2oc(=O)cc(CN3C(=O)N[C@](C)(c4cccc(Br)c4)C3=O)c2cc1C(C)C. The third kappa shape index (κ3) is 3.67. The molecule has 2 aromatic carbocycles. The maximum Gasteiger partial charge on any atom is 0.336 e. The summed E-state index contributed by atoms with van der Waals surface area (Å²) >= 11 is 3.41. The van der Waals surface area contributed by atoms with Crippen LogP contribution in [0.1, 0.15) is 48.9 Å². The lowest BCUT2D eigenvalue weighted by Crippen LogP contribution is -2.40. The van der Waals surface area contributed by atoms with Crippen molar-refractivity contribution < 1.29 is 14.0 Å². The maximum atomic E-state index is 13.3. The van der Waals surface area contributed by atoms with E-state index < -0.39 is 17.2 Å². The first kappa shape index (κ1) is 21.3. The summed E-state index contributed by atoms with van der Waals surface area (Å²) in [5, 5.41) is 3.54. The highest BCUT2D eigenvalue weighted by atomic mass is 79.9. The summed E-state index contributed by atoms with van der Waals surface area (Å²) in [6.07, 6.45) is 0. The molecule has 4 rings (SSSR count). The molecular formula is C24H23BrN2O4. The number of urea groups is 1. The molecular weight excluding hydrogens is 460 g/mol. The number of benzene rings is 2. The molecule has 0 aliphatic carbocycles. The van der Waals surface area contributed by atoms with Crippen LogP contribution in [0.15, 0.2) is 56.1 Å². The Morgan fingerprint density at radius 1 is 1.13 bits per heavy atom. The molecule has 1 saturated heterocycles. The first-order valence-corrected chi connectivity index (χ1v) is 10.9. The molecule has 0 bridgehead atoms. The van der Waals surface area contributed by atoms with Gasteiger partial charge in [-0.15, -0.1) is 0 Å². The molecule has 31 heavy (non-hydrogen) atoms. The fourth-order valence-corrected chi connectivity index (χ4v) is 4.55. The van der Waals surface area contributed by atoms with Crippen molar-refractivity contribution in [1.82, 2.24) is 10.2 Å². The third-order valence-electron chi connectivity index (χ3n) is 5.84. The smallest absolute Gasteiger partial charge is 0.336 e. The molecule has 3 amide bonds. The second-order valence-corrected chi connectivity index (χ2v) is 9.32. The molecule has 1 aliphatic heterocycles. The van der Waals surface area contributed by atoms with E-state index in [1.807, 2.05) is 37.3 Å². The third-order valence-corrected chi connectivity index (χ3v) is 6.34. The second kappa shape index (κ2) is 7.64. The molecule has 0 saturated carbocycles. The van der Waals surface area contributed by atoms with Crippen molar-refractivity contribution in [1.29, 1.82) is 0 Å². The number of aryl methyl sites for hydroxylation is 1. The number of imide groups is 1. The zero-order chi connectivity index (χ0) is 22.5. The number of hydrogen-bond donors (Lipinski definition) is 1. The van der Waals surface area contributed by atoms with Gasteiger partial charge in [-0.05, 0) is 66.3 Å². The molecule has 1 aliphatic rings. The van der Waals surface area contributed by atoms with Gasteiger partial charge in [0.15, 0.2) is 0 Å². The largest absolute Gasteiger partial charge is 0.423 e.